The second-order valence-electron chi connectivity index (χ2n) is 14.1. The van der Waals surface area contributed by atoms with Gasteiger partial charge in [-0.1, -0.05) is 121 Å². The molecule has 0 bridgehead atoms. The molecule has 12 rings (SSSR count). The highest BCUT2D eigenvalue weighted by Crippen LogP contribution is 2.46. The number of fused-ring (bicyclic) bond motifs is 13. The predicted molar refractivity (Wildman–Crippen MR) is 226 cm³/mol. The van der Waals surface area contributed by atoms with Crippen LogP contribution in [0.5, 0.6) is 0 Å². The Morgan fingerprint density at radius 1 is 0.327 bits per heavy atom. The van der Waals surface area contributed by atoms with Crippen LogP contribution in [0.4, 0.5) is 0 Å². The average Bonchev–Trinajstić information content (AvgIpc) is 3.91. The molecule has 0 saturated carbocycles. The van der Waals surface area contributed by atoms with Gasteiger partial charge in [-0.2, -0.15) is 0 Å². The quantitative estimate of drug-likeness (QED) is 0.183. The molecule has 8 aromatic carbocycles. The van der Waals surface area contributed by atoms with Crippen molar-refractivity contribution in [3.63, 3.8) is 0 Å². The van der Waals surface area contributed by atoms with Crippen molar-refractivity contribution in [3.05, 3.63) is 182 Å². The van der Waals surface area contributed by atoms with E-state index >= 15 is 0 Å². The summed E-state index contributed by atoms with van der Waals surface area (Å²) in [6.45, 7) is 0. The van der Waals surface area contributed by atoms with Gasteiger partial charge in [0.15, 0.2) is 5.82 Å². The Morgan fingerprint density at radius 3 is 1.31 bits per heavy atom. The van der Waals surface area contributed by atoms with E-state index in [1.807, 2.05) is 0 Å². The van der Waals surface area contributed by atoms with Gasteiger partial charge in [-0.3, -0.25) is 0 Å². The topological polar surface area (TPSA) is 53.5 Å². The zero-order valence-electron chi connectivity index (χ0n) is 29.5. The Bertz CT molecular complexity index is 3430. The lowest BCUT2D eigenvalue weighted by molar-refractivity contribution is 1.04. The average molecular weight is 703 g/mol. The van der Waals surface area contributed by atoms with Gasteiger partial charge < -0.3 is 13.7 Å². The predicted octanol–water partition coefficient (Wildman–Crippen LogP) is 12.0. The third-order valence-corrected chi connectivity index (χ3v) is 11.1. The van der Waals surface area contributed by atoms with Crippen LogP contribution >= 0.6 is 0 Å². The maximum Gasteiger partial charge on any atom is 0.182 e. The minimum absolute atomic E-state index is 0.583. The minimum atomic E-state index is 0.583. The first-order valence-corrected chi connectivity index (χ1v) is 18.6. The molecule has 12 aromatic rings. The van der Waals surface area contributed by atoms with Crippen molar-refractivity contribution in [1.29, 1.82) is 0 Å². The van der Waals surface area contributed by atoms with Gasteiger partial charge >= 0.3 is 0 Å². The summed E-state index contributed by atoms with van der Waals surface area (Å²) in [6.07, 6.45) is 0. The number of benzene rings is 8. The standard InChI is InChI=1S/C49H30N6/c1-3-17-32(18-4-1)54-41-28-13-9-24-37(41)43-45-46(44-38-25-10-14-29-42(38)55(48(44)47(43)54)33-19-5-2-6-20-33)51-52-49(50-45)31-16-15-21-34(30-31)53-39-26-11-7-22-35(39)36-23-8-12-27-40(36)53/h1-30H. The van der Waals surface area contributed by atoms with Crippen molar-refractivity contribution in [2.24, 2.45) is 0 Å². The fraction of sp³-hybridized carbons (Fsp3) is 0. The van der Waals surface area contributed by atoms with Gasteiger partial charge in [0.05, 0.1) is 33.1 Å². The second-order valence-corrected chi connectivity index (χ2v) is 14.1. The van der Waals surface area contributed by atoms with Gasteiger partial charge in [0.2, 0.25) is 0 Å². The molecule has 256 valence electrons. The van der Waals surface area contributed by atoms with Gasteiger partial charge in [0, 0.05) is 54.9 Å². The van der Waals surface area contributed by atoms with E-state index in [1.54, 1.807) is 0 Å². The lowest BCUT2D eigenvalue weighted by Crippen LogP contribution is -2.01. The number of nitrogens with zero attached hydrogens (tertiary/aromatic N) is 6. The van der Waals surface area contributed by atoms with Crippen LogP contribution in [-0.2, 0) is 0 Å². The SMILES string of the molecule is c1ccc(-n2c3ccccc3c3c4nnc(-c5cccc(-n6c7ccccc7c7ccccc76)c5)nc4c4c5ccccc5n(-c5ccccc5)c4c32)cc1. The summed E-state index contributed by atoms with van der Waals surface area (Å²) in [5.41, 5.74) is 12.4. The maximum atomic E-state index is 5.51. The molecular weight excluding hydrogens is 673 g/mol. The highest BCUT2D eigenvalue weighted by Gasteiger charge is 2.26. The molecule has 4 heterocycles. The molecular formula is C49H30N6. The fourth-order valence-corrected chi connectivity index (χ4v) is 8.87. The molecule has 0 unspecified atom stereocenters. The van der Waals surface area contributed by atoms with Crippen LogP contribution in [0.3, 0.4) is 0 Å². The normalized spacial score (nSPS) is 12.0. The van der Waals surface area contributed by atoms with Crippen molar-refractivity contribution < 1.29 is 0 Å². The smallest absolute Gasteiger partial charge is 0.182 e. The van der Waals surface area contributed by atoms with Gasteiger partial charge in [-0.25, -0.2) is 4.98 Å². The molecule has 0 saturated heterocycles. The summed E-state index contributed by atoms with van der Waals surface area (Å²) < 4.78 is 7.11. The zero-order chi connectivity index (χ0) is 36.0. The van der Waals surface area contributed by atoms with Crippen LogP contribution in [0, 0.1) is 0 Å². The summed E-state index contributed by atoms with van der Waals surface area (Å²) in [4.78, 5) is 5.51. The van der Waals surface area contributed by atoms with E-state index in [2.05, 4.69) is 196 Å². The van der Waals surface area contributed by atoms with E-state index in [9.17, 15) is 0 Å². The lowest BCUT2D eigenvalue weighted by Gasteiger charge is -2.13. The molecule has 0 N–H and O–H groups in total. The molecule has 0 aliphatic rings. The van der Waals surface area contributed by atoms with Gasteiger partial charge in [-0.15, -0.1) is 10.2 Å². The van der Waals surface area contributed by atoms with E-state index in [4.69, 9.17) is 15.2 Å². The first kappa shape index (κ1) is 29.9. The summed E-state index contributed by atoms with van der Waals surface area (Å²) in [5, 5.41) is 16.8. The van der Waals surface area contributed by atoms with Crippen molar-refractivity contribution in [2.75, 3.05) is 0 Å². The van der Waals surface area contributed by atoms with Crippen LogP contribution < -0.4 is 0 Å². The highest BCUT2D eigenvalue weighted by molar-refractivity contribution is 6.35. The second kappa shape index (κ2) is 11.5. The zero-order valence-corrected chi connectivity index (χ0v) is 29.5. The molecule has 0 radical (unpaired) electrons. The molecule has 0 aliphatic heterocycles. The van der Waals surface area contributed by atoms with Crippen molar-refractivity contribution in [1.82, 2.24) is 28.9 Å². The van der Waals surface area contributed by atoms with Crippen LogP contribution in [-0.4, -0.2) is 28.9 Å². The largest absolute Gasteiger partial charge is 0.309 e. The van der Waals surface area contributed by atoms with Crippen LogP contribution in [0.1, 0.15) is 0 Å². The van der Waals surface area contributed by atoms with Crippen LogP contribution in [0.25, 0.3) is 105 Å². The summed E-state index contributed by atoms with van der Waals surface area (Å²) >= 11 is 0. The van der Waals surface area contributed by atoms with Crippen LogP contribution in [0.2, 0.25) is 0 Å². The Labute approximate surface area is 314 Å². The summed E-state index contributed by atoms with van der Waals surface area (Å²) in [7, 11) is 0. The van der Waals surface area contributed by atoms with E-state index < -0.39 is 0 Å². The van der Waals surface area contributed by atoms with E-state index in [0.717, 1.165) is 88.3 Å². The third kappa shape index (κ3) is 4.22. The molecule has 4 aromatic heterocycles. The number of rotatable bonds is 4. The van der Waals surface area contributed by atoms with Crippen molar-refractivity contribution >= 4 is 76.5 Å². The third-order valence-electron chi connectivity index (χ3n) is 11.1. The minimum Gasteiger partial charge on any atom is -0.309 e. The van der Waals surface area contributed by atoms with Gasteiger partial charge in [-0.05, 0) is 60.7 Å². The lowest BCUT2D eigenvalue weighted by atomic mass is 10.1. The first-order valence-electron chi connectivity index (χ1n) is 18.6. The monoisotopic (exact) mass is 702 g/mol. The Hall–Kier alpha value is -7.57. The Morgan fingerprint density at radius 2 is 0.764 bits per heavy atom. The van der Waals surface area contributed by atoms with Crippen molar-refractivity contribution in [2.45, 2.75) is 0 Å². The molecule has 0 aliphatic carbocycles. The molecule has 0 atom stereocenters. The molecule has 6 heteroatoms. The summed E-state index contributed by atoms with van der Waals surface area (Å²) in [5.74, 6) is 0.583. The fourth-order valence-electron chi connectivity index (χ4n) is 8.87. The van der Waals surface area contributed by atoms with E-state index in [1.165, 1.54) is 10.8 Å². The maximum absolute atomic E-state index is 5.51. The Balaban J connectivity index is 1.22. The first-order chi connectivity index (χ1) is 27.3. The van der Waals surface area contributed by atoms with Gasteiger partial charge in [0.25, 0.3) is 0 Å². The van der Waals surface area contributed by atoms with Crippen molar-refractivity contribution in [3.8, 4) is 28.5 Å². The van der Waals surface area contributed by atoms with E-state index in [-0.39, 0.29) is 0 Å². The Kier molecular flexibility index (Phi) is 6.24. The number of aromatic nitrogens is 6. The molecule has 0 amide bonds. The number of hydrogen-bond donors (Lipinski definition) is 0. The highest BCUT2D eigenvalue weighted by atomic mass is 15.2. The number of hydrogen-bond acceptors (Lipinski definition) is 3. The van der Waals surface area contributed by atoms with Crippen LogP contribution in [0.15, 0.2) is 182 Å². The molecule has 6 nitrogen and oxygen atoms in total. The number of para-hydroxylation sites is 6. The molecule has 55 heavy (non-hydrogen) atoms. The molecule has 0 fully saturated rings. The van der Waals surface area contributed by atoms with E-state index in [0.29, 0.717) is 5.82 Å². The molecule has 0 spiro atoms. The van der Waals surface area contributed by atoms with Gasteiger partial charge in [0.1, 0.15) is 11.0 Å². The summed E-state index contributed by atoms with van der Waals surface area (Å²) in [6, 6.07) is 64.2.